The molecule has 0 aromatic heterocycles. The van der Waals surface area contributed by atoms with Crippen molar-refractivity contribution in [2.45, 2.75) is 39.0 Å². The Morgan fingerprint density at radius 2 is 1.56 bits per heavy atom. The minimum Gasteiger partial charge on any atom is -0.330 e. The van der Waals surface area contributed by atoms with Crippen molar-refractivity contribution in [2.24, 2.45) is 5.73 Å². The maximum Gasteiger partial charge on any atom is 0 e. The number of hydrogen-bond donors (Lipinski definition) is 1. The zero-order valence-corrected chi connectivity index (χ0v) is 6.88. The van der Waals surface area contributed by atoms with Gasteiger partial charge in [-0.3, -0.25) is 0 Å². The summed E-state index contributed by atoms with van der Waals surface area (Å²) < 4.78 is 0. The Hall–Kier alpha value is 1.22. The van der Waals surface area contributed by atoms with E-state index < -0.39 is 0 Å². The van der Waals surface area contributed by atoms with E-state index in [2.05, 4.69) is 6.92 Å². The van der Waals surface area contributed by atoms with E-state index in [9.17, 15) is 0 Å². The van der Waals surface area contributed by atoms with Crippen LogP contribution in [-0.2, 0) is 0 Å². The molecule has 9 heavy (non-hydrogen) atoms. The third-order valence-corrected chi connectivity index (χ3v) is 1.31. The van der Waals surface area contributed by atoms with E-state index in [4.69, 9.17) is 5.73 Å². The third kappa shape index (κ3) is 12.4. The summed E-state index contributed by atoms with van der Waals surface area (Å²) in [6.45, 7) is 3.09. The Bertz CT molecular complexity index is 33.9. The molecule has 2 heteroatoms. The standard InChI is InChI=1S/C7H17N.Ar/c1-2-3-4-5-6-7-8;/h2-8H2,1H3;. The first-order chi connectivity index (χ1) is 3.91. The average molecular weight is 155 g/mol. The Labute approximate surface area is 88.4 Å². The van der Waals surface area contributed by atoms with E-state index in [1.54, 1.807) is 0 Å². The summed E-state index contributed by atoms with van der Waals surface area (Å²) in [5.74, 6) is 0. The summed E-state index contributed by atoms with van der Waals surface area (Å²) in [5, 5.41) is 0. The quantitative estimate of drug-likeness (QED) is 0.603. The summed E-state index contributed by atoms with van der Waals surface area (Å²) in [4.78, 5) is 0. The molecule has 0 aromatic rings. The fourth-order valence-electron chi connectivity index (χ4n) is 0.748. The summed E-state index contributed by atoms with van der Waals surface area (Å²) in [5.41, 5.74) is 5.31. The van der Waals surface area contributed by atoms with Crippen LogP contribution in [0, 0.1) is 37.7 Å². The van der Waals surface area contributed by atoms with Gasteiger partial charge in [-0.25, -0.2) is 0 Å². The topological polar surface area (TPSA) is 26.0 Å². The number of unbranched alkanes of at least 4 members (excludes halogenated alkanes) is 4. The van der Waals surface area contributed by atoms with Crippen LogP contribution in [0.2, 0.25) is 0 Å². The van der Waals surface area contributed by atoms with Crippen molar-refractivity contribution in [3.8, 4) is 0 Å². The van der Waals surface area contributed by atoms with Gasteiger partial charge in [-0.1, -0.05) is 32.6 Å². The zero-order chi connectivity index (χ0) is 6.24. The van der Waals surface area contributed by atoms with Crippen molar-refractivity contribution in [3.05, 3.63) is 0 Å². The molecular formula is C7H17ArN. The maximum absolute atomic E-state index is 5.31. The van der Waals surface area contributed by atoms with E-state index in [-0.39, 0.29) is 37.7 Å². The molecule has 0 aliphatic heterocycles. The first kappa shape index (κ1) is 12.9. The smallest absolute Gasteiger partial charge is 0 e. The van der Waals surface area contributed by atoms with Crippen molar-refractivity contribution in [1.82, 2.24) is 0 Å². The van der Waals surface area contributed by atoms with Gasteiger partial charge in [0.05, 0.1) is 0 Å². The van der Waals surface area contributed by atoms with E-state index in [1.807, 2.05) is 0 Å². The van der Waals surface area contributed by atoms with Crippen LogP contribution in [0.5, 0.6) is 0 Å². The van der Waals surface area contributed by atoms with Gasteiger partial charge in [0.15, 0.2) is 0 Å². The summed E-state index contributed by atoms with van der Waals surface area (Å²) in [7, 11) is 0. The van der Waals surface area contributed by atoms with Gasteiger partial charge in [0, 0.05) is 37.7 Å². The molecular weight excluding hydrogens is 138 g/mol. The van der Waals surface area contributed by atoms with Gasteiger partial charge in [-0.05, 0) is 13.0 Å². The molecule has 0 bridgehead atoms. The molecule has 0 saturated heterocycles. The molecule has 0 heterocycles. The second-order valence-corrected chi connectivity index (χ2v) is 2.20. The average Bonchev–Trinajstić information content (AvgIpc) is 1.81. The minimum atomic E-state index is 0. The van der Waals surface area contributed by atoms with Crippen molar-refractivity contribution in [2.75, 3.05) is 6.54 Å². The number of nitrogens with two attached hydrogens (primary N) is 1. The molecule has 0 saturated carbocycles. The molecule has 58 valence electrons. The molecule has 0 aliphatic carbocycles. The van der Waals surface area contributed by atoms with E-state index in [0.717, 1.165) is 6.54 Å². The van der Waals surface area contributed by atoms with Crippen molar-refractivity contribution < 1.29 is 37.7 Å². The molecule has 0 atom stereocenters. The van der Waals surface area contributed by atoms with Crippen LogP contribution in [0.25, 0.3) is 0 Å². The molecule has 0 aromatic carbocycles. The van der Waals surface area contributed by atoms with Gasteiger partial charge in [0.1, 0.15) is 0 Å². The van der Waals surface area contributed by atoms with E-state index in [0.29, 0.717) is 0 Å². The normalized spacial score (nSPS) is 8.67. The Morgan fingerprint density at radius 1 is 1.00 bits per heavy atom. The summed E-state index contributed by atoms with van der Waals surface area (Å²) in [6.07, 6.45) is 6.60. The van der Waals surface area contributed by atoms with Crippen LogP contribution in [0.3, 0.4) is 0 Å². The maximum atomic E-state index is 5.31. The van der Waals surface area contributed by atoms with Gasteiger partial charge >= 0.3 is 0 Å². The molecule has 0 radical (unpaired) electrons. The first-order valence-electron chi connectivity index (χ1n) is 3.62. The monoisotopic (exact) mass is 155 g/mol. The van der Waals surface area contributed by atoms with Gasteiger partial charge in [0.2, 0.25) is 0 Å². The fraction of sp³-hybridized carbons (Fsp3) is 1.00. The molecule has 0 unspecified atom stereocenters. The molecule has 0 amide bonds. The van der Waals surface area contributed by atoms with Crippen LogP contribution >= 0.6 is 0 Å². The van der Waals surface area contributed by atoms with Crippen LogP contribution in [-0.4, -0.2) is 6.54 Å². The summed E-state index contributed by atoms with van der Waals surface area (Å²) in [6, 6.07) is 0. The Kier molecular flexibility index (Phi) is 17.1. The van der Waals surface area contributed by atoms with Crippen molar-refractivity contribution >= 4 is 0 Å². The van der Waals surface area contributed by atoms with Crippen molar-refractivity contribution in [3.63, 3.8) is 0 Å². The van der Waals surface area contributed by atoms with Crippen molar-refractivity contribution in [1.29, 1.82) is 0 Å². The molecule has 0 rings (SSSR count). The second-order valence-electron chi connectivity index (χ2n) is 2.20. The zero-order valence-electron chi connectivity index (χ0n) is 6.17. The van der Waals surface area contributed by atoms with Crippen LogP contribution < -0.4 is 5.73 Å². The number of rotatable bonds is 5. The largest absolute Gasteiger partial charge is 0.330 e. The molecule has 0 spiro atoms. The van der Waals surface area contributed by atoms with Crippen LogP contribution in [0.15, 0.2) is 0 Å². The molecule has 2 N–H and O–H groups in total. The van der Waals surface area contributed by atoms with E-state index >= 15 is 0 Å². The van der Waals surface area contributed by atoms with Crippen LogP contribution in [0.1, 0.15) is 39.0 Å². The third-order valence-electron chi connectivity index (χ3n) is 1.31. The van der Waals surface area contributed by atoms with Gasteiger partial charge in [-0.2, -0.15) is 0 Å². The Morgan fingerprint density at radius 3 is 2.00 bits per heavy atom. The molecule has 0 aliphatic rings. The van der Waals surface area contributed by atoms with Crippen LogP contribution in [0.4, 0.5) is 0 Å². The van der Waals surface area contributed by atoms with Gasteiger partial charge < -0.3 is 5.73 Å². The molecule has 0 fully saturated rings. The molecule has 1 nitrogen and oxygen atoms in total. The second kappa shape index (κ2) is 12.0. The fourth-order valence-corrected chi connectivity index (χ4v) is 0.748. The minimum absolute atomic E-state index is 0. The van der Waals surface area contributed by atoms with Gasteiger partial charge in [-0.15, -0.1) is 0 Å². The van der Waals surface area contributed by atoms with Gasteiger partial charge in [0.25, 0.3) is 0 Å². The summed E-state index contributed by atoms with van der Waals surface area (Å²) >= 11 is 0. The number of hydrogen-bond acceptors (Lipinski definition) is 1. The Balaban J connectivity index is 0. The first-order valence-corrected chi connectivity index (χ1v) is 3.62. The van der Waals surface area contributed by atoms with E-state index in [1.165, 1.54) is 32.1 Å². The predicted molar refractivity (Wildman–Crippen MR) is 37.8 cm³/mol. The SMILES string of the molecule is CCCCCCCN.[Ar]. The predicted octanol–water partition coefficient (Wildman–Crippen LogP) is 1.92.